The molecule has 0 bridgehead atoms. The normalized spacial score (nSPS) is 11.5. The number of halogens is 1. The molecular formula is C30H26ClNO4S. The number of thioether (sulfide) groups is 1. The maximum atomic E-state index is 13.0. The van der Waals surface area contributed by atoms with Crippen molar-refractivity contribution in [2.75, 3.05) is 17.7 Å². The largest absolute Gasteiger partial charge is 0.493 e. The summed E-state index contributed by atoms with van der Waals surface area (Å²) in [5, 5.41) is 13.6. The lowest BCUT2D eigenvalue weighted by Gasteiger charge is -2.18. The van der Waals surface area contributed by atoms with Gasteiger partial charge in [-0.15, -0.1) is 11.8 Å². The zero-order valence-electron chi connectivity index (χ0n) is 20.0. The molecule has 0 unspecified atom stereocenters. The molecule has 0 heterocycles. The van der Waals surface area contributed by atoms with E-state index in [0.29, 0.717) is 28.4 Å². The third-order valence-electron chi connectivity index (χ3n) is 5.63. The van der Waals surface area contributed by atoms with Gasteiger partial charge in [-0.1, -0.05) is 66.2 Å². The second-order valence-corrected chi connectivity index (χ2v) is 9.88. The van der Waals surface area contributed by atoms with Crippen LogP contribution in [-0.4, -0.2) is 35.3 Å². The zero-order valence-corrected chi connectivity index (χ0v) is 21.5. The van der Waals surface area contributed by atoms with Crippen LogP contribution < -0.4 is 10.1 Å². The van der Waals surface area contributed by atoms with Crippen LogP contribution in [0.2, 0.25) is 5.02 Å². The van der Waals surface area contributed by atoms with Gasteiger partial charge in [-0.25, -0.2) is 4.79 Å². The summed E-state index contributed by atoms with van der Waals surface area (Å²) in [6.07, 6.45) is 0.246. The average molecular weight is 532 g/mol. The zero-order chi connectivity index (χ0) is 26.0. The van der Waals surface area contributed by atoms with Crippen molar-refractivity contribution in [2.45, 2.75) is 17.4 Å². The Morgan fingerprint density at radius 3 is 2.24 bits per heavy atom. The average Bonchev–Trinajstić information content (AvgIpc) is 2.93. The van der Waals surface area contributed by atoms with Gasteiger partial charge in [-0.2, -0.15) is 0 Å². The molecule has 5 nitrogen and oxygen atoms in total. The molecule has 4 rings (SSSR count). The van der Waals surface area contributed by atoms with Gasteiger partial charge in [-0.3, -0.25) is 4.79 Å². The molecule has 0 spiro atoms. The van der Waals surface area contributed by atoms with Gasteiger partial charge in [0.15, 0.2) is 5.78 Å². The van der Waals surface area contributed by atoms with Crippen molar-refractivity contribution in [3.63, 3.8) is 0 Å². The van der Waals surface area contributed by atoms with Crippen molar-refractivity contribution in [1.82, 2.24) is 0 Å². The van der Waals surface area contributed by atoms with Gasteiger partial charge in [-0.05, 0) is 54.1 Å². The van der Waals surface area contributed by atoms with Gasteiger partial charge in [0, 0.05) is 38.9 Å². The van der Waals surface area contributed by atoms with E-state index in [0.717, 1.165) is 22.0 Å². The number of carboxylic acids is 1. The first-order chi connectivity index (χ1) is 18.0. The minimum Gasteiger partial charge on any atom is -0.493 e. The lowest BCUT2D eigenvalue weighted by Crippen LogP contribution is -2.32. The van der Waals surface area contributed by atoms with Crippen LogP contribution in [0, 0.1) is 0 Å². The number of carbonyl (C=O) groups excluding carboxylic acids is 1. The van der Waals surface area contributed by atoms with E-state index in [-0.39, 0.29) is 12.2 Å². The Morgan fingerprint density at radius 2 is 1.54 bits per heavy atom. The number of ether oxygens (including phenoxy) is 1. The van der Waals surface area contributed by atoms with Crippen molar-refractivity contribution in [2.24, 2.45) is 0 Å². The second-order valence-electron chi connectivity index (χ2n) is 8.27. The Bertz CT molecular complexity index is 1330. The predicted molar refractivity (Wildman–Crippen MR) is 149 cm³/mol. The molecule has 0 aliphatic carbocycles. The fourth-order valence-electron chi connectivity index (χ4n) is 3.75. The molecule has 0 aliphatic heterocycles. The molecular weight excluding hydrogens is 506 g/mol. The molecule has 0 aromatic heterocycles. The topological polar surface area (TPSA) is 75.6 Å². The molecule has 2 N–H and O–H groups in total. The summed E-state index contributed by atoms with van der Waals surface area (Å²) in [7, 11) is 0. The molecule has 7 heteroatoms. The summed E-state index contributed by atoms with van der Waals surface area (Å²) in [6, 6.07) is 30.1. The van der Waals surface area contributed by atoms with Crippen LogP contribution in [-0.2, 0) is 11.2 Å². The van der Waals surface area contributed by atoms with Crippen molar-refractivity contribution in [3.8, 4) is 5.75 Å². The Kier molecular flexibility index (Phi) is 9.24. The van der Waals surface area contributed by atoms with Gasteiger partial charge in [0.05, 0.1) is 6.61 Å². The Morgan fingerprint density at radius 1 is 0.865 bits per heavy atom. The summed E-state index contributed by atoms with van der Waals surface area (Å²) in [5.41, 5.74) is 2.31. The maximum Gasteiger partial charge on any atom is 0.326 e. The molecule has 0 amide bonds. The highest BCUT2D eigenvalue weighted by molar-refractivity contribution is 7.99. The molecule has 37 heavy (non-hydrogen) atoms. The number of ketones is 1. The first-order valence-corrected chi connectivity index (χ1v) is 13.1. The number of hydrogen-bond donors (Lipinski definition) is 2. The fraction of sp³-hybridized carbons (Fsp3) is 0.133. The second kappa shape index (κ2) is 13.0. The van der Waals surface area contributed by atoms with Gasteiger partial charge in [0.1, 0.15) is 11.8 Å². The number of para-hydroxylation sites is 1. The van der Waals surface area contributed by atoms with Gasteiger partial charge < -0.3 is 15.2 Å². The van der Waals surface area contributed by atoms with Crippen LogP contribution in [0.25, 0.3) is 0 Å². The van der Waals surface area contributed by atoms with Crippen molar-refractivity contribution in [3.05, 3.63) is 125 Å². The molecule has 4 aromatic rings. The van der Waals surface area contributed by atoms with Crippen LogP contribution in [0.1, 0.15) is 21.5 Å². The molecule has 1 atom stereocenters. The number of aliphatic carboxylic acids is 1. The smallest absolute Gasteiger partial charge is 0.326 e. The SMILES string of the molecule is O=C(c1ccccc1)c1ccccc1N[C@@H](Cc1ccc(OCCSc2ccc(Cl)cc2)cc1)C(=O)O. The number of nitrogens with one attached hydrogen (secondary N) is 1. The number of rotatable bonds is 12. The predicted octanol–water partition coefficient (Wildman–Crippen LogP) is 6.85. The number of hydrogen-bond acceptors (Lipinski definition) is 5. The van der Waals surface area contributed by atoms with Gasteiger partial charge in [0.25, 0.3) is 0 Å². The number of benzene rings is 4. The van der Waals surface area contributed by atoms with Crippen LogP contribution >= 0.6 is 23.4 Å². The molecule has 0 aliphatic rings. The highest BCUT2D eigenvalue weighted by Gasteiger charge is 2.21. The Balaban J connectivity index is 1.35. The third-order valence-corrected chi connectivity index (χ3v) is 6.86. The number of carbonyl (C=O) groups is 2. The molecule has 4 aromatic carbocycles. The molecule has 0 saturated carbocycles. The van der Waals surface area contributed by atoms with Crippen LogP contribution in [0.15, 0.2) is 108 Å². The summed E-state index contributed by atoms with van der Waals surface area (Å²) >= 11 is 7.60. The van der Waals surface area contributed by atoms with Crippen molar-refractivity contribution < 1.29 is 19.4 Å². The minimum atomic E-state index is -0.999. The van der Waals surface area contributed by atoms with Gasteiger partial charge in [0.2, 0.25) is 0 Å². The number of anilines is 1. The van der Waals surface area contributed by atoms with E-state index in [4.69, 9.17) is 16.3 Å². The quantitative estimate of drug-likeness (QED) is 0.118. The summed E-state index contributed by atoms with van der Waals surface area (Å²) in [6.45, 7) is 0.540. The van der Waals surface area contributed by atoms with E-state index in [2.05, 4.69) is 5.32 Å². The van der Waals surface area contributed by atoms with E-state index in [1.165, 1.54) is 0 Å². The Labute approximate surface area is 225 Å². The first kappa shape index (κ1) is 26.3. The van der Waals surface area contributed by atoms with E-state index in [1.807, 2.05) is 54.6 Å². The van der Waals surface area contributed by atoms with Crippen LogP contribution in [0.4, 0.5) is 5.69 Å². The summed E-state index contributed by atoms with van der Waals surface area (Å²) in [4.78, 5) is 26.2. The lowest BCUT2D eigenvalue weighted by molar-refractivity contribution is -0.137. The maximum absolute atomic E-state index is 13.0. The minimum absolute atomic E-state index is 0.163. The first-order valence-electron chi connectivity index (χ1n) is 11.8. The lowest BCUT2D eigenvalue weighted by atomic mass is 10.00. The number of carboxylic acid groups (broad SMARTS) is 1. The Hall–Kier alpha value is -3.74. The third kappa shape index (κ3) is 7.62. The molecule has 0 fully saturated rings. The molecule has 0 saturated heterocycles. The monoisotopic (exact) mass is 531 g/mol. The molecule has 188 valence electrons. The van der Waals surface area contributed by atoms with E-state index >= 15 is 0 Å². The summed E-state index contributed by atoms with van der Waals surface area (Å²) in [5.74, 6) is 0.347. The highest BCUT2D eigenvalue weighted by Crippen LogP contribution is 2.23. The van der Waals surface area contributed by atoms with E-state index in [1.54, 1.807) is 60.3 Å². The van der Waals surface area contributed by atoms with Crippen molar-refractivity contribution in [1.29, 1.82) is 0 Å². The van der Waals surface area contributed by atoms with E-state index < -0.39 is 12.0 Å². The standard InChI is InChI=1S/C30H26ClNO4S/c31-23-12-16-25(17-13-23)37-19-18-36-24-14-10-21(11-15-24)20-28(30(34)35)32-27-9-5-4-8-26(27)29(33)22-6-2-1-3-7-22/h1-17,28,32H,18-20H2,(H,34,35)/t28-/m0/s1. The molecule has 0 radical (unpaired) electrons. The fourth-order valence-corrected chi connectivity index (χ4v) is 4.60. The van der Waals surface area contributed by atoms with Crippen molar-refractivity contribution >= 4 is 40.8 Å². The van der Waals surface area contributed by atoms with Gasteiger partial charge >= 0.3 is 5.97 Å². The summed E-state index contributed by atoms with van der Waals surface area (Å²) < 4.78 is 5.82. The highest BCUT2D eigenvalue weighted by atomic mass is 35.5. The van der Waals surface area contributed by atoms with Crippen LogP contribution in [0.3, 0.4) is 0 Å². The van der Waals surface area contributed by atoms with E-state index in [9.17, 15) is 14.7 Å². The van der Waals surface area contributed by atoms with Crippen LogP contribution in [0.5, 0.6) is 5.75 Å².